The molecule has 0 atom stereocenters. The lowest BCUT2D eigenvalue weighted by Gasteiger charge is -2.33. The lowest BCUT2D eigenvalue weighted by Crippen LogP contribution is -2.17. The van der Waals surface area contributed by atoms with Crippen LogP contribution in [0.4, 0.5) is 17.1 Å². The molecule has 208 valence electrons. The molecule has 3 heteroatoms. The average Bonchev–Trinajstić information content (AvgIpc) is 3.35. The molecule has 0 saturated heterocycles. The summed E-state index contributed by atoms with van der Waals surface area (Å²) in [7, 11) is 0. The summed E-state index contributed by atoms with van der Waals surface area (Å²) in [6.07, 6.45) is 0. The molecule has 6 aromatic rings. The van der Waals surface area contributed by atoms with Gasteiger partial charge in [-0.05, 0) is 78.1 Å². The maximum Gasteiger partial charge on any atom is 0.194 e. The zero-order valence-corrected chi connectivity index (χ0v) is 24.4. The molecule has 0 radical (unpaired) electrons. The van der Waals surface area contributed by atoms with E-state index in [2.05, 4.69) is 79.1 Å². The first-order chi connectivity index (χ1) is 21.6. The quantitative estimate of drug-likeness (QED) is 0.195. The van der Waals surface area contributed by atoms with Crippen molar-refractivity contribution in [3.05, 3.63) is 161 Å². The van der Waals surface area contributed by atoms with Crippen molar-refractivity contribution >= 4 is 22.8 Å². The van der Waals surface area contributed by atoms with E-state index >= 15 is 0 Å². The Labute approximate surface area is 257 Å². The van der Waals surface area contributed by atoms with Gasteiger partial charge in [0.25, 0.3) is 0 Å². The van der Waals surface area contributed by atoms with Crippen molar-refractivity contribution in [1.82, 2.24) is 0 Å². The van der Waals surface area contributed by atoms with Crippen LogP contribution in [0.3, 0.4) is 0 Å². The molecule has 0 bridgehead atoms. The molecule has 0 N–H and O–H groups in total. The van der Waals surface area contributed by atoms with Crippen molar-refractivity contribution in [3.8, 4) is 45.6 Å². The molecule has 0 fully saturated rings. The number of ketones is 1. The number of rotatable bonds is 2. The molecule has 8 rings (SSSR count). The second kappa shape index (κ2) is 10.2. The zero-order chi connectivity index (χ0) is 29.8. The second-order valence-electron chi connectivity index (χ2n) is 11.2. The van der Waals surface area contributed by atoms with Gasteiger partial charge >= 0.3 is 0 Å². The van der Waals surface area contributed by atoms with Gasteiger partial charge in [-0.2, -0.15) is 0 Å². The second-order valence-corrected chi connectivity index (χ2v) is 11.2. The number of aryl methyl sites for hydroxylation is 2. The van der Waals surface area contributed by atoms with Crippen LogP contribution in [0, 0.1) is 25.7 Å². The van der Waals surface area contributed by atoms with Crippen LogP contribution in [-0.2, 0) is 0 Å². The third-order valence-electron chi connectivity index (χ3n) is 8.54. The van der Waals surface area contributed by atoms with E-state index in [1.165, 1.54) is 0 Å². The summed E-state index contributed by atoms with van der Waals surface area (Å²) in [5.41, 5.74) is 12.3. The van der Waals surface area contributed by atoms with Gasteiger partial charge < -0.3 is 9.64 Å². The average molecular weight is 566 g/mol. The van der Waals surface area contributed by atoms with Gasteiger partial charge in [0.2, 0.25) is 0 Å². The molecule has 6 aromatic carbocycles. The Morgan fingerprint density at radius 3 is 1.84 bits per heavy atom. The topological polar surface area (TPSA) is 29.5 Å². The number of ether oxygens (including phenoxy) is 1. The van der Waals surface area contributed by atoms with Crippen molar-refractivity contribution in [3.63, 3.8) is 0 Å². The van der Waals surface area contributed by atoms with Gasteiger partial charge in [0.05, 0.1) is 22.6 Å². The number of fused-ring (bicyclic) bond motifs is 5. The lowest BCUT2D eigenvalue weighted by molar-refractivity contribution is 0.104. The Morgan fingerprint density at radius 1 is 0.500 bits per heavy atom. The van der Waals surface area contributed by atoms with Gasteiger partial charge in [-0.25, -0.2) is 0 Å². The van der Waals surface area contributed by atoms with Crippen molar-refractivity contribution in [2.75, 3.05) is 4.90 Å². The number of hydrogen-bond acceptors (Lipinski definition) is 3. The summed E-state index contributed by atoms with van der Waals surface area (Å²) >= 11 is 0. The normalized spacial score (nSPS) is 12.3. The van der Waals surface area contributed by atoms with Crippen LogP contribution in [0.1, 0.15) is 38.2 Å². The molecule has 3 nitrogen and oxygen atoms in total. The Hall–Kier alpha value is -5.85. The predicted molar refractivity (Wildman–Crippen MR) is 177 cm³/mol. The van der Waals surface area contributed by atoms with E-state index in [9.17, 15) is 4.79 Å². The smallest absolute Gasteiger partial charge is 0.194 e. The highest BCUT2D eigenvalue weighted by Crippen LogP contribution is 2.51. The molecule has 0 amide bonds. The first-order valence-electron chi connectivity index (χ1n) is 14.7. The number of benzene rings is 6. The zero-order valence-electron chi connectivity index (χ0n) is 24.4. The first-order valence-corrected chi connectivity index (χ1v) is 14.7. The SMILES string of the molecule is Cc1cccc(N2c3ccccc3Oc3ccccc32)c1C#Cc1cccc(C)c1-c1cccc2c1C(=O)c1ccccc1-2. The van der Waals surface area contributed by atoms with Gasteiger partial charge in [0, 0.05) is 22.3 Å². The van der Waals surface area contributed by atoms with Crippen LogP contribution in [0.25, 0.3) is 22.3 Å². The molecule has 1 aliphatic heterocycles. The summed E-state index contributed by atoms with van der Waals surface area (Å²) in [5.74, 6) is 8.79. The minimum Gasteiger partial charge on any atom is -0.453 e. The van der Waals surface area contributed by atoms with E-state index in [-0.39, 0.29) is 5.78 Å². The van der Waals surface area contributed by atoms with E-state index in [1.807, 2.05) is 78.9 Å². The van der Waals surface area contributed by atoms with Crippen molar-refractivity contribution in [2.45, 2.75) is 13.8 Å². The van der Waals surface area contributed by atoms with Gasteiger partial charge in [0.1, 0.15) is 0 Å². The molecular weight excluding hydrogens is 538 g/mol. The Morgan fingerprint density at radius 2 is 1.07 bits per heavy atom. The summed E-state index contributed by atoms with van der Waals surface area (Å²) in [4.78, 5) is 15.9. The number of nitrogens with zero attached hydrogens (tertiary/aromatic N) is 1. The molecule has 44 heavy (non-hydrogen) atoms. The van der Waals surface area contributed by atoms with Crippen LogP contribution in [0.15, 0.2) is 127 Å². The minimum atomic E-state index is 0.0687. The summed E-state index contributed by atoms with van der Waals surface area (Å²) in [5, 5.41) is 0. The third kappa shape index (κ3) is 3.96. The minimum absolute atomic E-state index is 0.0687. The molecule has 1 heterocycles. The fraction of sp³-hybridized carbons (Fsp3) is 0.0488. The van der Waals surface area contributed by atoms with Gasteiger partial charge in [-0.1, -0.05) is 103 Å². The molecule has 0 unspecified atom stereocenters. The standard InChI is InChI=1S/C41H27NO2/c1-26-12-10-21-34(42-35-19-5-7-22-37(35)44-38-23-8-6-20-36(38)42)29(26)25-24-28-14-9-13-27(2)39(28)33-18-11-17-31-30-15-3-4-16-32(30)41(43)40(31)33/h3-23H,1-2H3. The van der Waals surface area contributed by atoms with Gasteiger partial charge in [-0.15, -0.1) is 0 Å². The molecular formula is C41H27NO2. The van der Waals surface area contributed by atoms with E-state index in [4.69, 9.17) is 4.74 Å². The van der Waals surface area contributed by atoms with Crippen LogP contribution in [0.5, 0.6) is 11.5 Å². The Bertz CT molecular complexity index is 2170. The van der Waals surface area contributed by atoms with Crippen LogP contribution < -0.4 is 9.64 Å². The van der Waals surface area contributed by atoms with Crippen molar-refractivity contribution in [1.29, 1.82) is 0 Å². The largest absolute Gasteiger partial charge is 0.453 e. The Kier molecular flexibility index (Phi) is 5.96. The maximum absolute atomic E-state index is 13.7. The molecule has 2 aliphatic rings. The van der Waals surface area contributed by atoms with E-state index in [0.717, 1.165) is 84.2 Å². The number of para-hydroxylation sites is 4. The highest BCUT2D eigenvalue weighted by atomic mass is 16.5. The first kappa shape index (κ1) is 25.8. The monoisotopic (exact) mass is 565 g/mol. The predicted octanol–water partition coefficient (Wildman–Crippen LogP) is 10.2. The van der Waals surface area contributed by atoms with E-state index in [0.29, 0.717) is 0 Å². The van der Waals surface area contributed by atoms with E-state index < -0.39 is 0 Å². The van der Waals surface area contributed by atoms with Crippen molar-refractivity contribution < 1.29 is 9.53 Å². The Balaban J connectivity index is 1.30. The molecule has 0 aromatic heterocycles. The van der Waals surface area contributed by atoms with E-state index in [1.54, 1.807) is 0 Å². The molecule has 1 aliphatic carbocycles. The van der Waals surface area contributed by atoms with Crippen molar-refractivity contribution in [2.24, 2.45) is 0 Å². The fourth-order valence-corrected chi connectivity index (χ4v) is 6.51. The van der Waals surface area contributed by atoms with Gasteiger partial charge in [0.15, 0.2) is 17.3 Å². The summed E-state index contributed by atoms with van der Waals surface area (Å²) in [6, 6.07) is 42.7. The highest BCUT2D eigenvalue weighted by Gasteiger charge is 2.30. The number of carbonyl (C=O) groups excluding carboxylic acids is 1. The van der Waals surface area contributed by atoms with Crippen LogP contribution in [0.2, 0.25) is 0 Å². The maximum atomic E-state index is 13.7. The number of hydrogen-bond donors (Lipinski definition) is 0. The van der Waals surface area contributed by atoms with Crippen LogP contribution in [-0.4, -0.2) is 5.78 Å². The fourth-order valence-electron chi connectivity index (χ4n) is 6.51. The number of carbonyl (C=O) groups is 1. The molecule has 0 saturated carbocycles. The highest BCUT2D eigenvalue weighted by molar-refractivity contribution is 6.24. The summed E-state index contributed by atoms with van der Waals surface area (Å²) in [6.45, 7) is 4.19. The van der Waals surface area contributed by atoms with Crippen LogP contribution >= 0.6 is 0 Å². The lowest BCUT2D eigenvalue weighted by atomic mass is 9.89. The number of anilines is 3. The third-order valence-corrected chi connectivity index (χ3v) is 8.54. The summed E-state index contributed by atoms with van der Waals surface area (Å²) < 4.78 is 6.27. The molecule has 0 spiro atoms. The van der Waals surface area contributed by atoms with Gasteiger partial charge in [-0.3, -0.25) is 4.79 Å².